The molecular weight excluding hydrogens is 321 g/mol. The minimum Gasteiger partial charge on any atom is -0.383 e. The standard InChI is InChI=1S/C19H24FN3O2/c1-13(2)18-21-9-16(10-22-18)19(24)23(14(3)12-25-4)11-15-7-5-6-8-17(15)20/h5-10,13-14H,11-12H2,1-4H3. The van der Waals surface area contributed by atoms with E-state index in [-0.39, 0.29) is 30.2 Å². The molecule has 134 valence electrons. The van der Waals surface area contributed by atoms with Crippen LogP contribution in [0.2, 0.25) is 0 Å². The lowest BCUT2D eigenvalue weighted by atomic mass is 10.1. The minimum absolute atomic E-state index is 0.155. The summed E-state index contributed by atoms with van der Waals surface area (Å²) in [5.41, 5.74) is 0.835. The van der Waals surface area contributed by atoms with E-state index in [2.05, 4.69) is 9.97 Å². The molecule has 2 rings (SSSR count). The summed E-state index contributed by atoms with van der Waals surface area (Å²) in [4.78, 5) is 23.0. The molecule has 0 bridgehead atoms. The van der Waals surface area contributed by atoms with E-state index in [9.17, 15) is 9.18 Å². The summed E-state index contributed by atoms with van der Waals surface area (Å²) < 4.78 is 19.2. The van der Waals surface area contributed by atoms with Crippen LogP contribution in [0.4, 0.5) is 4.39 Å². The molecule has 0 spiro atoms. The molecule has 1 amide bonds. The van der Waals surface area contributed by atoms with Crippen LogP contribution >= 0.6 is 0 Å². The molecule has 1 aromatic heterocycles. The van der Waals surface area contributed by atoms with Crippen molar-refractivity contribution >= 4 is 5.91 Å². The Balaban J connectivity index is 2.27. The molecule has 0 saturated heterocycles. The maximum Gasteiger partial charge on any atom is 0.257 e. The highest BCUT2D eigenvalue weighted by molar-refractivity contribution is 5.93. The summed E-state index contributed by atoms with van der Waals surface area (Å²) in [6, 6.07) is 6.22. The van der Waals surface area contributed by atoms with E-state index in [4.69, 9.17) is 4.74 Å². The lowest BCUT2D eigenvalue weighted by molar-refractivity contribution is 0.0538. The van der Waals surface area contributed by atoms with Gasteiger partial charge in [-0.05, 0) is 13.0 Å². The number of aromatic nitrogens is 2. The van der Waals surface area contributed by atoms with Gasteiger partial charge in [0.15, 0.2) is 0 Å². The number of nitrogens with zero attached hydrogens (tertiary/aromatic N) is 3. The number of hydrogen-bond donors (Lipinski definition) is 0. The molecular formula is C19H24FN3O2. The molecule has 0 N–H and O–H groups in total. The van der Waals surface area contributed by atoms with Crippen molar-refractivity contribution in [1.29, 1.82) is 0 Å². The number of ether oxygens (including phenoxy) is 1. The number of methoxy groups -OCH3 is 1. The summed E-state index contributed by atoms with van der Waals surface area (Å²) in [6.45, 7) is 6.35. The van der Waals surface area contributed by atoms with Crippen molar-refractivity contribution in [2.45, 2.75) is 39.3 Å². The number of hydrogen-bond acceptors (Lipinski definition) is 4. The Morgan fingerprint density at radius 2 is 1.84 bits per heavy atom. The number of carbonyl (C=O) groups excluding carboxylic acids is 1. The second kappa shape index (κ2) is 8.67. The zero-order chi connectivity index (χ0) is 18.4. The van der Waals surface area contributed by atoms with Crippen LogP contribution in [0.1, 0.15) is 48.4 Å². The van der Waals surface area contributed by atoms with Crippen molar-refractivity contribution in [3.8, 4) is 0 Å². The van der Waals surface area contributed by atoms with E-state index in [1.165, 1.54) is 18.5 Å². The van der Waals surface area contributed by atoms with Crippen molar-refractivity contribution in [1.82, 2.24) is 14.9 Å². The number of amides is 1. The fraction of sp³-hybridized carbons (Fsp3) is 0.421. The van der Waals surface area contributed by atoms with Gasteiger partial charge in [-0.25, -0.2) is 14.4 Å². The molecule has 0 fully saturated rings. The van der Waals surface area contributed by atoms with Crippen molar-refractivity contribution in [2.75, 3.05) is 13.7 Å². The third-order valence-corrected chi connectivity index (χ3v) is 3.93. The first-order valence-corrected chi connectivity index (χ1v) is 8.29. The first-order chi connectivity index (χ1) is 11.9. The van der Waals surface area contributed by atoms with Crippen LogP contribution in [0.5, 0.6) is 0 Å². The average Bonchev–Trinajstić information content (AvgIpc) is 2.60. The maximum atomic E-state index is 14.0. The highest BCUT2D eigenvalue weighted by Crippen LogP contribution is 2.16. The van der Waals surface area contributed by atoms with Crippen LogP contribution in [0, 0.1) is 5.82 Å². The number of rotatable bonds is 7. The van der Waals surface area contributed by atoms with Gasteiger partial charge in [-0.3, -0.25) is 4.79 Å². The fourth-order valence-electron chi connectivity index (χ4n) is 2.48. The lowest BCUT2D eigenvalue weighted by Gasteiger charge is -2.29. The van der Waals surface area contributed by atoms with Gasteiger partial charge in [0.25, 0.3) is 5.91 Å². The van der Waals surface area contributed by atoms with Crippen molar-refractivity contribution in [3.63, 3.8) is 0 Å². The van der Waals surface area contributed by atoms with E-state index in [1.54, 1.807) is 30.2 Å². The smallest absolute Gasteiger partial charge is 0.257 e. The summed E-state index contributed by atoms with van der Waals surface area (Å²) in [7, 11) is 1.57. The number of halogens is 1. The Labute approximate surface area is 147 Å². The fourth-order valence-corrected chi connectivity index (χ4v) is 2.48. The van der Waals surface area contributed by atoms with E-state index >= 15 is 0 Å². The maximum absolute atomic E-state index is 14.0. The Bertz CT molecular complexity index is 704. The molecule has 5 nitrogen and oxygen atoms in total. The van der Waals surface area contributed by atoms with E-state index in [1.807, 2.05) is 20.8 Å². The van der Waals surface area contributed by atoms with Crippen molar-refractivity contribution in [2.24, 2.45) is 0 Å². The second-order valence-corrected chi connectivity index (χ2v) is 6.31. The lowest BCUT2D eigenvalue weighted by Crippen LogP contribution is -2.41. The van der Waals surface area contributed by atoms with Gasteiger partial charge in [0.05, 0.1) is 18.2 Å². The molecule has 0 aliphatic carbocycles. The predicted octanol–water partition coefficient (Wildman–Crippen LogP) is 3.42. The molecule has 0 aliphatic rings. The summed E-state index contributed by atoms with van der Waals surface area (Å²) in [6.07, 6.45) is 3.05. The van der Waals surface area contributed by atoms with Gasteiger partial charge in [-0.1, -0.05) is 32.0 Å². The molecule has 25 heavy (non-hydrogen) atoms. The largest absolute Gasteiger partial charge is 0.383 e. The quantitative estimate of drug-likeness (QED) is 0.772. The topological polar surface area (TPSA) is 55.3 Å². The molecule has 1 aromatic carbocycles. The van der Waals surface area contributed by atoms with Gasteiger partial charge in [0.1, 0.15) is 11.6 Å². The summed E-state index contributed by atoms with van der Waals surface area (Å²) >= 11 is 0. The predicted molar refractivity (Wildman–Crippen MR) is 93.7 cm³/mol. The van der Waals surface area contributed by atoms with Crippen LogP contribution in [0.25, 0.3) is 0 Å². The van der Waals surface area contributed by atoms with Gasteiger partial charge in [0, 0.05) is 37.5 Å². The van der Waals surface area contributed by atoms with Crippen LogP contribution in [-0.4, -0.2) is 40.5 Å². The normalized spacial score (nSPS) is 12.2. The van der Waals surface area contributed by atoms with Gasteiger partial charge in [-0.15, -0.1) is 0 Å². The highest BCUT2D eigenvalue weighted by Gasteiger charge is 2.23. The van der Waals surface area contributed by atoms with E-state index < -0.39 is 0 Å². The van der Waals surface area contributed by atoms with Gasteiger partial charge >= 0.3 is 0 Å². The monoisotopic (exact) mass is 345 g/mol. The van der Waals surface area contributed by atoms with Gasteiger partial charge < -0.3 is 9.64 Å². The minimum atomic E-state index is -0.337. The third kappa shape index (κ3) is 4.82. The second-order valence-electron chi connectivity index (χ2n) is 6.31. The number of carbonyl (C=O) groups is 1. The molecule has 1 unspecified atom stereocenters. The molecule has 0 radical (unpaired) electrons. The van der Waals surface area contributed by atoms with Crippen molar-refractivity contribution < 1.29 is 13.9 Å². The van der Waals surface area contributed by atoms with Crippen molar-refractivity contribution in [3.05, 3.63) is 59.4 Å². The zero-order valence-corrected chi connectivity index (χ0v) is 15.1. The Hall–Kier alpha value is -2.34. The molecule has 6 heteroatoms. The molecule has 2 aromatic rings. The summed E-state index contributed by atoms with van der Waals surface area (Å²) in [5.74, 6) is 0.285. The van der Waals surface area contributed by atoms with Crippen LogP contribution < -0.4 is 0 Å². The van der Waals surface area contributed by atoms with Gasteiger partial charge in [0.2, 0.25) is 0 Å². The highest BCUT2D eigenvalue weighted by atomic mass is 19.1. The first kappa shape index (κ1) is 19.0. The zero-order valence-electron chi connectivity index (χ0n) is 15.1. The summed E-state index contributed by atoms with van der Waals surface area (Å²) in [5, 5.41) is 0. The van der Waals surface area contributed by atoms with E-state index in [0.29, 0.717) is 23.6 Å². The molecule has 1 heterocycles. The number of benzene rings is 1. The Morgan fingerprint density at radius 1 is 1.20 bits per heavy atom. The van der Waals surface area contributed by atoms with Crippen LogP contribution in [0.3, 0.4) is 0 Å². The SMILES string of the molecule is COCC(C)N(Cc1ccccc1F)C(=O)c1cnc(C(C)C)nc1. The van der Waals surface area contributed by atoms with Gasteiger partial charge in [-0.2, -0.15) is 0 Å². The Kier molecular flexibility index (Phi) is 6.58. The Morgan fingerprint density at radius 3 is 2.40 bits per heavy atom. The van der Waals surface area contributed by atoms with Crippen LogP contribution in [-0.2, 0) is 11.3 Å². The third-order valence-electron chi connectivity index (χ3n) is 3.93. The average molecular weight is 345 g/mol. The molecule has 1 atom stereocenters. The first-order valence-electron chi connectivity index (χ1n) is 8.29. The molecule has 0 aliphatic heterocycles. The molecule has 0 saturated carbocycles. The van der Waals surface area contributed by atoms with E-state index in [0.717, 1.165) is 0 Å². The van der Waals surface area contributed by atoms with Crippen LogP contribution in [0.15, 0.2) is 36.7 Å².